The summed E-state index contributed by atoms with van der Waals surface area (Å²) in [4.78, 5) is 17.0. The van der Waals surface area contributed by atoms with Crippen molar-refractivity contribution in [3.63, 3.8) is 0 Å². The van der Waals surface area contributed by atoms with Crippen LogP contribution < -0.4 is 4.80 Å². The number of nitrogens with zero attached hydrogens (tertiary/aromatic N) is 3. The SMILES string of the molecule is Cn1ccsc1=NC(=O)c1cc(S(=O)(=O)N2CCCC2)ccc1Cl. The van der Waals surface area contributed by atoms with E-state index in [9.17, 15) is 13.2 Å². The van der Waals surface area contributed by atoms with E-state index >= 15 is 0 Å². The van der Waals surface area contributed by atoms with Crippen LogP contribution in [0.5, 0.6) is 0 Å². The molecule has 1 fully saturated rings. The molecule has 0 spiro atoms. The molecule has 1 aromatic heterocycles. The molecule has 1 aromatic carbocycles. The summed E-state index contributed by atoms with van der Waals surface area (Å²) in [5.74, 6) is -0.559. The van der Waals surface area contributed by atoms with Crippen LogP contribution in [0.2, 0.25) is 5.02 Å². The van der Waals surface area contributed by atoms with Crippen molar-refractivity contribution in [1.82, 2.24) is 8.87 Å². The number of carbonyl (C=O) groups excluding carboxylic acids is 1. The molecular weight excluding hydrogens is 370 g/mol. The molecule has 1 saturated heterocycles. The molecule has 2 heterocycles. The maximum Gasteiger partial charge on any atom is 0.281 e. The van der Waals surface area contributed by atoms with E-state index in [4.69, 9.17) is 11.6 Å². The van der Waals surface area contributed by atoms with Gasteiger partial charge in [0.2, 0.25) is 10.0 Å². The number of sulfonamides is 1. The Kier molecular flexibility index (Phi) is 4.91. The summed E-state index contributed by atoms with van der Waals surface area (Å²) >= 11 is 7.40. The second kappa shape index (κ2) is 6.79. The third kappa shape index (κ3) is 3.32. The summed E-state index contributed by atoms with van der Waals surface area (Å²) in [5.41, 5.74) is 0.0883. The lowest BCUT2D eigenvalue weighted by atomic mass is 10.2. The first-order valence-corrected chi connectivity index (χ1v) is 10.1. The van der Waals surface area contributed by atoms with Gasteiger partial charge in [0.1, 0.15) is 0 Å². The first kappa shape index (κ1) is 17.3. The van der Waals surface area contributed by atoms with Gasteiger partial charge in [-0.05, 0) is 31.0 Å². The first-order valence-electron chi connectivity index (χ1n) is 7.38. The predicted molar refractivity (Wildman–Crippen MR) is 92.6 cm³/mol. The van der Waals surface area contributed by atoms with Crippen molar-refractivity contribution >= 4 is 38.9 Å². The zero-order valence-corrected chi connectivity index (χ0v) is 15.4. The van der Waals surface area contributed by atoms with E-state index in [-0.39, 0.29) is 15.5 Å². The highest BCUT2D eigenvalue weighted by Gasteiger charge is 2.28. The summed E-state index contributed by atoms with van der Waals surface area (Å²) in [6, 6.07) is 4.18. The van der Waals surface area contributed by atoms with E-state index in [0.29, 0.717) is 17.9 Å². The lowest BCUT2D eigenvalue weighted by Crippen LogP contribution is -2.28. The quantitative estimate of drug-likeness (QED) is 0.813. The molecule has 0 atom stereocenters. The van der Waals surface area contributed by atoms with Crippen molar-refractivity contribution in [3.05, 3.63) is 45.2 Å². The van der Waals surface area contributed by atoms with E-state index in [2.05, 4.69) is 4.99 Å². The van der Waals surface area contributed by atoms with Gasteiger partial charge in [-0.25, -0.2) is 8.42 Å². The molecule has 2 aromatic rings. The van der Waals surface area contributed by atoms with Crippen molar-refractivity contribution in [3.8, 4) is 0 Å². The molecule has 6 nitrogen and oxygen atoms in total. The molecule has 1 amide bonds. The second-order valence-corrected chi connectivity index (χ2v) is 8.68. The van der Waals surface area contributed by atoms with Gasteiger partial charge >= 0.3 is 0 Å². The van der Waals surface area contributed by atoms with Crippen molar-refractivity contribution < 1.29 is 13.2 Å². The molecule has 1 aliphatic heterocycles. The van der Waals surface area contributed by atoms with Crippen LogP contribution in [-0.2, 0) is 17.1 Å². The smallest absolute Gasteiger partial charge is 0.281 e. The lowest BCUT2D eigenvalue weighted by molar-refractivity contribution is 0.0998. The summed E-state index contributed by atoms with van der Waals surface area (Å²) in [6.07, 6.45) is 3.48. The van der Waals surface area contributed by atoms with Crippen LogP contribution in [0.25, 0.3) is 0 Å². The Bertz CT molecular complexity index is 941. The molecule has 0 bridgehead atoms. The third-order valence-corrected chi connectivity index (χ3v) is 6.90. The van der Waals surface area contributed by atoms with Crippen LogP contribution in [-0.4, -0.2) is 36.3 Å². The summed E-state index contributed by atoms with van der Waals surface area (Å²) in [7, 11) is -1.83. The van der Waals surface area contributed by atoms with Crippen LogP contribution in [0.3, 0.4) is 0 Å². The number of amides is 1. The molecule has 0 N–H and O–H groups in total. The number of aryl methyl sites for hydroxylation is 1. The first-order chi connectivity index (χ1) is 11.4. The number of hydrogen-bond donors (Lipinski definition) is 0. The highest BCUT2D eigenvalue weighted by Crippen LogP contribution is 2.25. The minimum Gasteiger partial charge on any atom is -0.327 e. The van der Waals surface area contributed by atoms with Gasteiger partial charge < -0.3 is 4.57 Å². The van der Waals surface area contributed by atoms with Gasteiger partial charge in [0.15, 0.2) is 4.80 Å². The molecule has 9 heteroatoms. The van der Waals surface area contributed by atoms with E-state index < -0.39 is 15.9 Å². The van der Waals surface area contributed by atoms with Crippen molar-refractivity contribution in [2.75, 3.05) is 13.1 Å². The zero-order valence-electron chi connectivity index (χ0n) is 13.0. The summed E-state index contributed by atoms with van der Waals surface area (Å²) < 4.78 is 28.4. The molecule has 0 aliphatic carbocycles. The minimum atomic E-state index is -3.60. The standard InChI is InChI=1S/C15H16ClN3O3S2/c1-18-8-9-23-15(18)17-14(20)12-10-11(4-5-13(12)16)24(21,22)19-6-2-3-7-19/h4-5,8-10H,2-3,6-7H2,1H3. The van der Waals surface area contributed by atoms with E-state index in [1.165, 1.54) is 33.8 Å². The van der Waals surface area contributed by atoms with Gasteiger partial charge in [0, 0.05) is 31.7 Å². The third-order valence-electron chi connectivity index (χ3n) is 3.83. The number of hydrogen-bond acceptors (Lipinski definition) is 4. The van der Waals surface area contributed by atoms with Gasteiger partial charge in [0.05, 0.1) is 15.5 Å². The Morgan fingerprint density at radius 2 is 2.00 bits per heavy atom. The van der Waals surface area contributed by atoms with Crippen molar-refractivity contribution in [1.29, 1.82) is 0 Å². The van der Waals surface area contributed by atoms with Gasteiger partial charge in [-0.15, -0.1) is 11.3 Å². The monoisotopic (exact) mass is 385 g/mol. The number of thiazole rings is 1. The van der Waals surface area contributed by atoms with Gasteiger partial charge in [0.25, 0.3) is 5.91 Å². The van der Waals surface area contributed by atoms with Crippen LogP contribution in [0.4, 0.5) is 0 Å². The molecular formula is C15H16ClN3O3S2. The number of halogens is 1. The zero-order chi connectivity index (χ0) is 17.3. The number of benzene rings is 1. The van der Waals surface area contributed by atoms with E-state index in [1.807, 2.05) is 5.38 Å². The molecule has 1 aliphatic rings. The van der Waals surface area contributed by atoms with Crippen LogP contribution in [0, 0.1) is 0 Å². The Morgan fingerprint density at radius 3 is 2.62 bits per heavy atom. The van der Waals surface area contributed by atoms with Gasteiger partial charge in [-0.3, -0.25) is 4.79 Å². The van der Waals surface area contributed by atoms with Gasteiger partial charge in [-0.2, -0.15) is 9.30 Å². The second-order valence-electron chi connectivity index (χ2n) is 5.47. The Morgan fingerprint density at radius 1 is 1.29 bits per heavy atom. The molecule has 3 rings (SSSR count). The Hall–Kier alpha value is -1.48. The van der Waals surface area contributed by atoms with Crippen molar-refractivity contribution in [2.24, 2.45) is 12.0 Å². The average Bonchev–Trinajstić information content (AvgIpc) is 3.20. The minimum absolute atomic E-state index is 0.0721. The average molecular weight is 386 g/mol. The largest absolute Gasteiger partial charge is 0.327 e. The van der Waals surface area contributed by atoms with Crippen molar-refractivity contribution in [2.45, 2.75) is 17.7 Å². The van der Waals surface area contributed by atoms with E-state index in [1.54, 1.807) is 17.8 Å². The molecule has 24 heavy (non-hydrogen) atoms. The predicted octanol–water partition coefficient (Wildman–Crippen LogP) is 2.27. The highest BCUT2D eigenvalue weighted by molar-refractivity contribution is 7.89. The maximum atomic E-state index is 12.6. The molecule has 0 unspecified atom stereocenters. The molecule has 0 radical (unpaired) electrons. The number of aromatic nitrogens is 1. The molecule has 0 saturated carbocycles. The number of rotatable bonds is 3. The summed E-state index contributed by atoms with van der Waals surface area (Å²) in [5, 5.41) is 1.99. The molecule has 128 valence electrons. The topological polar surface area (TPSA) is 71.7 Å². The fraction of sp³-hybridized carbons (Fsp3) is 0.333. The Balaban J connectivity index is 2.01. The summed E-state index contributed by atoms with van der Waals surface area (Å²) in [6.45, 7) is 1.01. The van der Waals surface area contributed by atoms with Gasteiger partial charge in [-0.1, -0.05) is 11.6 Å². The van der Waals surface area contributed by atoms with Crippen LogP contribution >= 0.6 is 22.9 Å². The van der Waals surface area contributed by atoms with E-state index in [0.717, 1.165) is 12.8 Å². The van der Waals surface area contributed by atoms with Crippen LogP contribution in [0.1, 0.15) is 23.2 Å². The Labute approximate surface area is 149 Å². The lowest BCUT2D eigenvalue weighted by Gasteiger charge is -2.16. The van der Waals surface area contributed by atoms with Crippen LogP contribution in [0.15, 0.2) is 39.7 Å². The fourth-order valence-corrected chi connectivity index (χ4v) is 4.96. The maximum absolute atomic E-state index is 12.6. The highest BCUT2D eigenvalue weighted by atomic mass is 35.5. The normalized spacial score (nSPS) is 16.7. The fourth-order valence-electron chi connectivity index (χ4n) is 2.49. The number of carbonyl (C=O) groups is 1.